The molecule has 2 heterocycles. The van der Waals surface area contributed by atoms with Crippen molar-refractivity contribution in [3.8, 4) is 0 Å². The van der Waals surface area contributed by atoms with E-state index in [1.54, 1.807) is 30.3 Å². The van der Waals surface area contributed by atoms with Crippen LogP contribution in [-0.4, -0.2) is 27.8 Å². The van der Waals surface area contributed by atoms with Gasteiger partial charge in [0.2, 0.25) is 0 Å². The average molecular weight is 498 g/mol. The molecule has 32 heavy (non-hydrogen) atoms. The van der Waals surface area contributed by atoms with Crippen molar-refractivity contribution in [2.24, 2.45) is 5.73 Å². The van der Waals surface area contributed by atoms with E-state index in [-0.39, 0.29) is 23.5 Å². The number of aromatic nitrogens is 1. The van der Waals surface area contributed by atoms with Gasteiger partial charge in [-0.15, -0.1) is 0 Å². The quantitative estimate of drug-likeness (QED) is 0.499. The molecule has 4 N–H and O–H groups in total. The van der Waals surface area contributed by atoms with Gasteiger partial charge < -0.3 is 16.1 Å². The Morgan fingerprint density at radius 1 is 1.22 bits per heavy atom. The SMILES string of the molecule is CC1=C(NC(=O)c2cc(C(N)=O)nc3ccc(Br)cc23)C(C)NN1Cc1ccc(F)cc1. The Morgan fingerprint density at radius 3 is 2.62 bits per heavy atom. The first-order valence-electron chi connectivity index (χ1n) is 9.93. The Bertz CT molecular complexity index is 1260. The van der Waals surface area contributed by atoms with Gasteiger partial charge >= 0.3 is 0 Å². The molecular weight excluding hydrogens is 477 g/mol. The Balaban J connectivity index is 1.64. The van der Waals surface area contributed by atoms with Crippen LogP contribution in [0.3, 0.4) is 0 Å². The number of nitrogens with zero attached hydrogens (tertiary/aromatic N) is 2. The van der Waals surface area contributed by atoms with E-state index in [2.05, 4.69) is 31.7 Å². The van der Waals surface area contributed by atoms with Gasteiger partial charge in [0.1, 0.15) is 11.5 Å². The summed E-state index contributed by atoms with van der Waals surface area (Å²) >= 11 is 3.41. The van der Waals surface area contributed by atoms with Crippen LogP contribution in [0.4, 0.5) is 4.39 Å². The highest BCUT2D eigenvalue weighted by atomic mass is 79.9. The molecule has 9 heteroatoms. The fourth-order valence-corrected chi connectivity index (χ4v) is 4.05. The van der Waals surface area contributed by atoms with E-state index in [1.165, 1.54) is 18.2 Å². The summed E-state index contributed by atoms with van der Waals surface area (Å²) < 4.78 is 14.0. The number of carbonyl (C=O) groups excluding carboxylic acids is 2. The van der Waals surface area contributed by atoms with Gasteiger partial charge in [-0.3, -0.25) is 9.59 Å². The summed E-state index contributed by atoms with van der Waals surface area (Å²) in [6, 6.07) is 12.8. The molecule has 164 valence electrons. The predicted octanol–water partition coefficient (Wildman–Crippen LogP) is 3.61. The third-order valence-electron chi connectivity index (χ3n) is 5.35. The molecule has 0 bridgehead atoms. The summed E-state index contributed by atoms with van der Waals surface area (Å²) in [6.07, 6.45) is 0. The molecule has 1 aromatic heterocycles. The van der Waals surface area contributed by atoms with Crippen LogP contribution >= 0.6 is 15.9 Å². The molecule has 0 saturated carbocycles. The molecule has 7 nitrogen and oxygen atoms in total. The number of fused-ring (bicyclic) bond motifs is 1. The van der Waals surface area contributed by atoms with Gasteiger partial charge in [-0.25, -0.2) is 14.8 Å². The molecular formula is C23H21BrFN5O2. The van der Waals surface area contributed by atoms with Crippen molar-refractivity contribution in [2.75, 3.05) is 0 Å². The molecule has 1 atom stereocenters. The maximum absolute atomic E-state index is 13.3. The predicted molar refractivity (Wildman–Crippen MR) is 123 cm³/mol. The number of allylic oxidation sites excluding steroid dienone is 1. The molecule has 0 spiro atoms. The lowest BCUT2D eigenvalue weighted by Gasteiger charge is -2.21. The number of nitrogens with one attached hydrogen (secondary N) is 2. The number of amides is 2. The lowest BCUT2D eigenvalue weighted by molar-refractivity contribution is 0.0965. The van der Waals surface area contributed by atoms with Crippen LogP contribution < -0.4 is 16.5 Å². The Kier molecular flexibility index (Phi) is 5.94. The summed E-state index contributed by atoms with van der Waals surface area (Å²) in [5.41, 5.74) is 12.0. The smallest absolute Gasteiger partial charge is 0.267 e. The first kappa shape index (κ1) is 21.9. The molecule has 1 aliphatic rings. The van der Waals surface area contributed by atoms with Gasteiger partial charge in [0.25, 0.3) is 11.8 Å². The van der Waals surface area contributed by atoms with Crippen LogP contribution in [0.2, 0.25) is 0 Å². The van der Waals surface area contributed by atoms with E-state index in [9.17, 15) is 14.0 Å². The molecule has 0 saturated heterocycles. The van der Waals surface area contributed by atoms with Gasteiger partial charge in [-0.05, 0) is 55.8 Å². The van der Waals surface area contributed by atoms with Crippen LogP contribution in [0.25, 0.3) is 10.9 Å². The fraction of sp³-hybridized carbons (Fsp3) is 0.174. The number of carbonyl (C=O) groups is 2. The van der Waals surface area contributed by atoms with E-state index >= 15 is 0 Å². The minimum absolute atomic E-state index is 0.0196. The number of pyridine rings is 1. The van der Waals surface area contributed by atoms with Crippen molar-refractivity contribution in [1.82, 2.24) is 20.7 Å². The highest BCUT2D eigenvalue weighted by molar-refractivity contribution is 9.10. The molecule has 1 unspecified atom stereocenters. The van der Waals surface area contributed by atoms with E-state index in [1.807, 2.05) is 18.9 Å². The molecule has 0 radical (unpaired) electrons. The Hall–Kier alpha value is -3.30. The van der Waals surface area contributed by atoms with E-state index < -0.39 is 5.91 Å². The number of nitrogens with two attached hydrogens (primary N) is 1. The minimum atomic E-state index is -0.708. The van der Waals surface area contributed by atoms with Gasteiger partial charge in [-0.1, -0.05) is 28.1 Å². The highest BCUT2D eigenvalue weighted by Gasteiger charge is 2.28. The van der Waals surface area contributed by atoms with Gasteiger partial charge in [0.15, 0.2) is 0 Å². The third kappa shape index (κ3) is 4.35. The van der Waals surface area contributed by atoms with Crippen LogP contribution in [0.15, 0.2) is 64.4 Å². The zero-order valence-corrected chi connectivity index (χ0v) is 19.0. The zero-order chi connectivity index (χ0) is 23.0. The lowest BCUT2D eigenvalue weighted by Crippen LogP contribution is -2.37. The van der Waals surface area contributed by atoms with Gasteiger partial charge in [0.05, 0.1) is 29.4 Å². The molecule has 0 fully saturated rings. The molecule has 1 aliphatic heterocycles. The maximum atomic E-state index is 13.3. The van der Waals surface area contributed by atoms with Crippen molar-refractivity contribution in [3.63, 3.8) is 0 Å². The normalized spacial score (nSPS) is 16.0. The topological polar surface area (TPSA) is 100 Å². The largest absolute Gasteiger partial charge is 0.364 e. The molecule has 0 aliphatic carbocycles. The van der Waals surface area contributed by atoms with Crippen LogP contribution in [0, 0.1) is 5.82 Å². The standard InChI is InChI=1S/C23H21BrFN5O2/c1-12-21(13(2)30(29-12)11-14-3-6-16(25)7-4-14)28-23(32)18-10-20(22(26)31)27-19-8-5-15(24)9-17(18)19/h3-10,12,29H,11H2,1-2H3,(H2,26,31)(H,28,32). The Labute approximate surface area is 192 Å². The van der Waals surface area contributed by atoms with E-state index in [4.69, 9.17) is 5.73 Å². The second kappa shape index (κ2) is 8.68. The molecule has 3 aromatic rings. The third-order valence-corrected chi connectivity index (χ3v) is 5.84. The molecule has 2 amide bonds. The fourth-order valence-electron chi connectivity index (χ4n) is 3.69. The number of halogens is 2. The summed E-state index contributed by atoms with van der Waals surface area (Å²) in [4.78, 5) is 29.3. The summed E-state index contributed by atoms with van der Waals surface area (Å²) in [5.74, 6) is -1.37. The van der Waals surface area contributed by atoms with Crippen LogP contribution in [0.5, 0.6) is 0 Å². The van der Waals surface area contributed by atoms with Crippen molar-refractivity contribution in [2.45, 2.75) is 26.4 Å². The van der Waals surface area contributed by atoms with E-state index in [0.717, 1.165) is 15.7 Å². The van der Waals surface area contributed by atoms with E-state index in [0.29, 0.717) is 28.7 Å². The summed E-state index contributed by atoms with van der Waals surface area (Å²) in [5, 5.41) is 5.48. The number of hydrogen-bond donors (Lipinski definition) is 3. The zero-order valence-electron chi connectivity index (χ0n) is 17.4. The van der Waals surface area contributed by atoms with Gasteiger partial charge in [-0.2, -0.15) is 0 Å². The number of hydrogen-bond acceptors (Lipinski definition) is 5. The number of hydrazine groups is 1. The first-order chi connectivity index (χ1) is 15.2. The summed E-state index contributed by atoms with van der Waals surface area (Å²) in [7, 11) is 0. The van der Waals surface area contributed by atoms with Crippen molar-refractivity contribution in [1.29, 1.82) is 0 Å². The first-order valence-corrected chi connectivity index (χ1v) is 10.7. The van der Waals surface area contributed by atoms with Crippen molar-refractivity contribution in [3.05, 3.63) is 87.0 Å². The number of benzene rings is 2. The minimum Gasteiger partial charge on any atom is -0.364 e. The molecule has 4 rings (SSSR count). The number of rotatable bonds is 5. The molecule has 2 aromatic carbocycles. The van der Waals surface area contributed by atoms with Crippen molar-refractivity contribution < 1.29 is 14.0 Å². The van der Waals surface area contributed by atoms with Crippen LogP contribution in [0.1, 0.15) is 40.3 Å². The van der Waals surface area contributed by atoms with Crippen LogP contribution in [-0.2, 0) is 6.54 Å². The highest BCUT2D eigenvalue weighted by Crippen LogP contribution is 2.25. The monoisotopic (exact) mass is 497 g/mol. The maximum Gasteiger partial charge on any atom is 0.267 e. The Morgan fingerprint density at radius 2 is 1.94 bits per heavy atom. The number of primary amides is 1. The average Bonchev–Trinajstić information content (AvgIpc) is 3.01. The van der Waals surface area contributed by atoms with Gasteiger partial charge in [0, 0.05) is 15.6 Å². The second-order valence-corrected chi connectivity index (χ2v) is 8.51. The van der Waals surface area contributed by atoms with Crippen molar-refractivity contribution >= 4 is 38.6 Å². The second-order valence-electron chi connectivity index (χ2n) is 7.60. The lowest BCUT2D eigenvalue weighted by atomic mass is 10.1. The summed E-state index contributed by atoms with van der Waals surface area (Å²) in [6.45, 7) is 4.33.